The van der Waals surface area contributed by atoms with Crippen LogP contribution in [0, 0.1) is 0 Å². The Balaban J connectivity index is 1.97. The van der Waals surface area contributed by atoms with E-state index in [0.717, 1.165) is 16.8 Å². The maximum absolute atomic E-state index is 5.66. The smallest absolute Gasteiger partial charge is 0.0649 e. The first-order valence-corrected chi connectivity index (χ1v) is 6.26. The Kier molecular flexibility index (Phi) is 3.12. The van der Waals surface area contributed by atoms with Crippen LogP contribution < -0.4 is 5.73 Å². The molecular weight excluding hydrogens is 234 g/mol. The molecule has 2 N–H and O–H groups in total. The van der Waals surface area contributed by atoms with Gasteiger partial charge in [-0.15, -0.1) is 0 Å². The van der Waals surface area contributed by atoms with Crippen LogP contribution in [0.5, 0.6) is 0 Å². The van der Waals surface area contributed by atoms with Gasteiger partial charge in [0.25, 0.3) is 0 Å². The molecule has 3 aromatic rings. The van der Waals surface area contributed by atoms with Crippen molar-refractivity contribution in [3.8, 4) is 16.8 Å². The van der Waals surface area contributed by atoms with Gasteiger partial charge >= 0.3 is 0 Å². The summed E-state index contributed by atoms with van der Waals surface area (Å²) < 4.78 is 1.88. The van der Waals surface area contributed by atoms with Crippen LogP contribution >= 0.6 is 0 Å². The van der Waals surface area contributed by atoms with Gasteiger partial charge in [-0.3, -0.25) is 0 Å². The average Bonchev–Trinajstić information content (AvgIpc) is 2.98. The summed E-state index contributed by atoms with van der Waals surface area (Å²) in [5.41, 5.74) is 10.1. The fourth-order valence-corrected chi connectivity index (χ4v) is 2.07. The quantitative estimate of drug-likeness (QED) is 0.775. The molecule has 0 fully saturated rings. The summed E-state index contributed by atoms with van der Waals surface area (Å²) in [6.07, 6.45) is 3.91. The van der Waals surface area contributed by atoms with Gasteiger partial charge in [-0.1, -0.05) is 42.5 Å². The minimum Gasteiger partial charge on any atom is -0.326 e. The van der Waals surface area contributed by atoms with Gasteiger partial charge < -0.3 is 5.73 Å². The highest BCUT2D eigenvalue weighted by Crippen LogP contribution is 2.19. The molecule has 1 aromatic heterocycles. The van der Waals surface area contributed by atoms with E-state index in [-0.39, 0.29) is 0 Å². The van der Waals surface area contributed by atoms with E-state index in [1.54, 1.807) is 0 Å². The topological polar surface area (TPSA) is 43.8 Å². The zero-order chi connectivity index (χ0) is 13.1. The highest BCUT2D eigenvalue weighted by Gasteiger charge is 2.03. The van der Waals surface area contributed by atoms with Gasteiger partial charge in [-0.25, -0.2) is 4.68 Å². The third kappa shape index (κ3) is 2.41. The van der Waals surface area contributed by atoms with E-state index in [1.807, 2.05) is 53.5 Å². The van der Waals surface area contributed by atoms with Gasteiger partial charge in [-0.05, 0) is 23.3 Å². The molecule has 94 valence electrons. The minimum atomic E-state index is 0.542. The van der Waals surface area contributed by atoms with Crippen molar-refractivity contribution in [2.45, 2.75) is 6.54 Å². The molecule has 0 amide bonds. The number of nitrogens with zero attached hydrogens (tertiary/aromatic N) is 2. The number of aromatic nitrogens is 2. The first-order chi connectivity index (χ1) is 9.36. The summed E-state index contributed by atoms with van der Waals surface area (Å²) >= 11 is 0. The van der Waals surface area contributed by atoms with E-state index in [2.05, 4.69) is 23.3 Å². The molecule has 19 heavy (non-hydrogen) atoms. The molecule has 0 aliphatic heterocycles. The van der Waals surface area contributed by atoms with Crippen LogP contribution in [0.15, 0.2) is 67.0 Å². The fraction of sp³-hybridized carbons (Fsp3) is 0.0625. The maximum atomic E-state index is 5.66. The molecule has 0 radical (unpaired) electrons. The van der Waals surface area contributed by atoms with Gasteiger partial charge in [0.15, 0.2) is 0 Å². The summed E-state index contributed by atoms with van der Waals surface area (Å²) in [4.78, 5) is 0. The number of nitrogens with two attached hydrogens (primary N) is 1. The summed E-state index contributed by atoms with van der Waals surface area (Å²) in [6.45, 7) is 0.542. The minimum absolute atomic E-state index is 0.542. The molecule has 3 rings (SSSR count). The SMILES string of the molecule is NCc1cccc(-n2cc(-c3ccccc3)cn2)c1. The van der Waals surface area contributed by atoms with E-state index < -0.39 is 0 Å². The van der Waals surface area contributed by atoms with Crippen LogP contribution in [-0.2, 0) is 6.54 Å². The van der Waals surface area contributed by atoms with Crippen LogP contribution in [0.3, 0.4) is 0 Å². The molecular formula is C16H15N3. The molecule has 0 aliphatic carbocycles. The number of hydrogen-bond donors (Lipinski definition) is 1. The van der Waals surface area contributed by atoms with E-state index in [0.29, 0.717) is 6.54 Å². The van der Waals surface area contributed by atoms with Crippen molar-refractivity contribution in [3.05, 3.63) is 72.6 Å². The predicted molar refractivity (Wildman–Crippen MR) is 76.9 cm³/mol. The third-order valence-electron chi connectivity index (χ3n) is 3.10. The zero-order valence-electron chi connectivity index (χ0n) is 10.5. The largest absolute Gasteiger partial charge is 0.326 e. The maximum Gasteiger partial charge on any atom is 0.0649 e. The molecule has 3 heteroatoms. The van der Waals surface area contributed by atoms with Gasteiger partial charge in [0.05, 0.1) is 11.9 Å². The lowest BCUT2D eigenvalue weighted by Gasteiger charge is -2.03. The normalized spacial score (nSPS) is 10.6. The molecule has 2 aromatic carbocycles. The second-order valence-corrected chi connectivity index (χ2v) is 4.41. The Morgan fingerprint density at radius 3 is 2.58 bits per heavy atom. The zero-order valence-corrected chi connectivity index (χ0v) is 10.5. The first kappa shape index (κ1) is 11.7. The number of hydrogen-bond acceptors (Lipinski definition) is 2. The summed E-state index contributed by atoms with van der Waals surface area (Å²) in [6, 6.07) is 18.3. The second kappa shape index (κ2) is 5.08. The van der Waals surface area contributed by atoms with E-state index in [1.165, 1.54) is 5.56 Å². The molecule has 0 spiro atoms. The van der Waals surface area contributed by atoms with Gasteiger partial charge in [0.2, 0.25) is 0 Å². The number of rotatable bonds is 3. The third-order valence-corrected chi connectivity index (χ3v) is 3.10. The Morgan fingerprint density at radius 1 is 0.947 bits per heavy atom. The lowest BCUT2D eigenvalue weighted by Crippen LogP contribution is -1.99. The van der Waals surface area contributed by atoms with E-state index in [4.69, 9.17) is 5.73 Å². The Hall–Kier alpha value is -2.39. The van der Waals surface area contributed by atoms with Crippen molar-refractivity contribution in [3.63, 3.8) is 0 Å². The first-order valence-electron chi connectivity index (χ1n) is 6.26. The summed E-state index contributed by atoms with van der Waals surface area (Å²) in [5.74, 6) is 0. The molecule has 1 heterocycles. The molecule has 0 aliphatic rings. The molecule has 0 bridgehead atoms. The molecule has 0 atom stereocenters. The average molecular weight is 249 g/mol. The summed E-state index contributed by atoms with van der Waals surface area (Å²) in [5, 5.41) is 4.41. The second-order valence-electron chi connectivity index (χ2n) is 4.41. The molecule has 0 unspecified atom stereocenters. The molecule has 3 nitrogen and oxygen atoms in total. The van der Waals surface area contributed by atoms with Crippen LogP contribution in [0.2, 0.25) is 0 Å². The molecule has 0 saturated carbocycles. The van der Waals surface area contributed by atoms with Crippen molar-refractivity contribution < 1.29 is 0 Å². The van der Waals surface area contributed by atoms with Gasteiger partial charge in [-0.2, -0.15) is 5.10 Å². The van der Waals surface area contributed by atoms with E-state index >= 15 is 0 Å². The van der Waals surface area contributed by atoms with Gasteiger partial charge in [0.1, 0.15) is 0 Å². The standard InChI is InChI=1S/C16H15N3/c17-10-13-5-4-8-16(9-13)19-12-15(11-18-19)14-6-2-1-3-7-14/h1-9,11-12H,10,17H2. The highest BCUT2D eigenvalue weighted by molar-refractivity contribution is 5.62. The monoisotopic (exact) mass is 249 g/mol. The Labute approximate surface area is 112 Å². The Bertz CT molecular complexity index is 671. The van der Waals surface area contributed by atoms with Crippen LogP contribution in [-0.4, -0.2) is 9.78 Å². The lowest BCUT2D eigenvalue weighted by atomic mass is 10.1. The van der Waals surface area contributed by atoms with Crippen molar-refractivity contribution in [1.29, 1.82) is 0 Å². The molecule has 0 saturated heterocycles. The van der Waals surface area contributed by atoms with Crippen LogP contribution in [0.4, 0.5) is 0 Å². The fourth-order valence-electron chi connectivity index (χ4n) is 2.07. The predicted octanol–water partition coefficient (Wildman–Crippen LogP) is 3.00. The van der Waals surface area contributed by atoms with Crippen molar-refractivity contribution in [2.24, 2.45) is 5.73 Å². The van der Waals surface area contributed by atoms with Crippen LogP contribution in [0.25, 0.3) is 16.8 Å². The van der Waals surface area contributed by atoms with Gasteiger partial charge in [0, 0.05) is 18.3 Å². The number of benzene rings is 2. The van der Waals surface area contributed by atoms with Crippen LogP contribution in [0.1, 0.15) is 5.56 Å². The summed E-state index contributed by atoms with van der Waals surface area (Å²) in [7, 11) is 0. The van der Waals surface area contributed by atoms with Crippen molar-refractivity contribution in [2.75, 3.05) is 0 Å². The Morgan fingerprint density at radius 2 is 1.79 bits per heavy atom. The van der Waals surface area contributed by atoms with Crippen molar-refractivity contribution >= 4 is 0 Å². The van der Waals surface area contributed by atoms with Crippen molar-refractivity contribution in [1.82, 2.24) is 9.78 Å². The lowest BCUT2D eigenvalue weighted by molar-refractivity contribution is 0.876. The van der Waals surface area contributed by atoms with E-state index in [9.17, 15) is 0 Å². The highest BCUT2D eigenvalue weighted by atomic mass is 15.3.